The summed E-state index contributed by atoms with van der Waals surface area (Å²) in [5.41, 5.74) is -0.538. The van der Waals surface area contributed by atoms with E-state index in [4.69, 9.17) is 27.9 Å². The molecule has 134 valence electrons. The Labute approximate surface area is 147 Å². The molecule has 3 atom stereocenters. The maximum atomic E-state index is 12.5. The summed E-state index contributed by atoms with van der Waals surface area (Å²) in [6.07, 6.45) is -5.40. The minimum atomic E-state index is -4.48. The van der Waals surface area contributed by atoms with Gasteiger partial charge in [-0.05, 0) is 29.9 Å². The minimum absolute atomic E-state index is 0.0444. The second-order valence-electron chi connectivity index (χ2n) is 6.79. The van der Waals surface area contributed by atoms with Crippen LogP contribution >= 0.6 is 23.2 Å². The summed E-state index contributed by atoms with van der Waals surface area (Å²) in [6, 6.07) is 0. The first-order valence-electron chi connectivity index (χ1n) is 7.37. The zero-order valence-corrected chi connectivity index (χ0v) is 14.9. The van der Waals surface area contributed by atoms with Gasteiger partial charge in [0.15, 0.2) is 5.78 Å². The van der Waals surface area contributed by atoms with Crippen LogP contribution in [0.1, 0.15) is 33.6 Å². The van der Waals surface area contributed by atoms with Crippen LogP contribution in [0.5, 0.6) is 0 Å². The normalized spacial score (nSPS) is 28.8. The highest BCUT2D eigenvalue weighted by atomic mass is 35.5. The molecule has 0 aromatic heterocycles. The molecule has 0 aromatic carbocycles. The predicted molar refractivity (Wildman–Crippen MR) is 83.4 cm³/mol. The molecule has 1 unspecified atom stereocenters. The van der Waals surface area contributed by atoms with Gasteiger partial charge < -0.3 is 4.74 Å². The molecule has 24 heavy (non-hydrogen) atoms. The molecule has 0 aliphatic heterocycles. The molecule has 0 radical (unpaired) electrons. The Kier molecular flexibility index (Phi) is 5.13. The number of hydrogen-bond donors (Lipinski definition) is 0. The smallest absolute Gasteiger partial charge is 0.393 e. The molecular formula is C16H17Cl2F3O3. The van der Waals surface area contributed by atoms with Gasteiger partial charge in [0.05, 0.1) is 18.8 Å². The molecule has 0 heterocycles. The van der Waals surface area contributed by atoms with Crippen molar-refractivity contribution in [3.05, 3.63) is 21.7 Å². The zero-order valence-electron chi connectivity index (χ0n) is 13.3. The van der Waals surface area contributed by atoms with Crippen molar-refractivity contribution in [3.63, 3.8) is 0 Å². The van der Waals surface area contributed by atoms with Crippen LogP contribution in [-0.2, 0) is 14.3 Å². The fraction of sp³-hybridized carbons (Fsp3) is 0.625. The molecule has 2 rings (SSSR count). The van der Waals surface area contributed by atoms with E-state index in [9.17, 15) is 22.8 Å². The highest BCUT2D eigenvalue weighted by Gasteiger charge is 2.62. The molecule has 0 amide bonds. The third kappa shape index (κ3) is 3.97. The lowest BCUT2D eigenvalue weighted by molar-refractivity contribution is -0.150. The third-order valence-corrected chi connectivity index (χ3v) is 5.02. The van der Waals surface area contributed by atoms with Crippen molar-refractivity contribution in [2.75, 3.05) is 0 Å². The molecule has 8 heteroatoms. The van der Waals surface area contributed by atoms with Crippen molar-refractivity contribution < 1.29 is 27.5 Å². The summed E-state index contributed by atoms with van der Waals surface area (Å²) >= 11 is 11.2. The van der Waals surface area contributed by atoms with Crippen LogP contribution in [0.2, 0.25) is 0 Å². The summed E-state index contributed by atoms with van der Waals surface area (Å²) in [7, 11) is 0. The van der Waals surface area contributed by atoms with Crippen LogP contribution in [0.3, 0.4) is 0 Å². The maximum Gasteiger partial charge on any atom is 0.393 e. The number of carbonyl (C=O) groups excluding carboxylic acids is 2. The van der Waals surface area contributed by atoms with E-state index in [0.29, 0.717) is 0 Å². The standard InChI is InChI=1S/C16H17Cl2F3O3/c1-7-8(6-16(19,20)21)10(22)5-11(7)24-14(23)13-9(4-12(17)18)15(13,2)3/h4,9,11,13H,5-6H2,1-3H3/t9-,11?,13+/m1/s1. The number of ketones is 1. The Hall–Kier alpha value is -1.01. The first-order valence-corrected chi connectivity index (χ1v) is 8.13. The number of hydrogen-bond acceptors (Lipinski definition) is 3. The summed E-state index contributed by atoms with van der Waals surface area (Å²) in [6.45, 7) is 5.08. The third-order valence-electron chi connectivity index (χ3n) is 4.77. The van der Waals surface area contributed by atoms with Crippen molar-refractivity contribution in [1.29, 1.82) is 0 Å². The number of rotatable bonds is 4. The van der Waals surface area contributed by atoms with E-state index in [-0.39, 0.29) is 28.0 Å². The topological polar surface area (TPSA) is 43.4 Å². The molecule has 2 aliphatic rings. The fourth-order valence-corrected chi connectivity index (χ4v) is 3.49. The quantitative estimate of drug-likeness (QED) is 0.658. The van der Waals surface area contributed by atoms with Gasteiger partial charge in [-0.25, -0.2) is 0 Å². The number of carbonyl (C=O) groups is 2. The van der Waals surface area contributed by atoms with E-state index < -0.39 is 41.8 Å². The molecule has 3 nitrogen and oxygen atoms in total. The lowest BCUT2D eigenvalue weighted by atomic mass is 10.1. The number of allylic oxidation sites excluding steroid dienone is 2. The van der Waals surface area contributed by atoms with E-state index >= 15 is 0 Å². The van der Waals surface area contributed by atoms with E-state index in [0.717, 1.165) is 0 Å². The highest BCUT2D eigenvalue weighted by molar-refractivity contribution is 6.55. The monoisotopic (exact) mass is 384 g/mol. The number of halogens is 5. The minimum Gasteiger partial charge on any atom is -0.457 e. The van der Waals surface area contributed by atoms with Gasteiger partial charge in [0.2, 0.25) is 0 Å². The summed E-state index contributed by atoms with van der Waals surface area (Å²) in [5.74, 6) is -1.87. The molecule has 2 aliphatic carbocycles. The maximum absolute atomic E-state index is 12.5. The Morgan fingerprint density at radius 2 is 1.96 bits per heavy atom. The molecular weight excluding hydrogens is 368 g/mol. The van der Waals surface area contributed by atoms with Crippen LogP contribution in [0, 0.1) is 17.3 Å². The van der Waals surface area contributed by atoms with E-state index in [1.54, 1.807) is 6.08 Å². The number of esters is 1. The van der Waals surface area contributed by atoms with Crippen molar-refractivity contribution >= 4 is 35.0 Å². The molecule has 1 fully saturated rings. The van der Waals surface area contributed by atoms with Crippen LogP contribution < -0.4 is 0 Å². The lowest BCUT2D eigenvalue weighted by Crippen LogP contribution is -2.20. The van der Waals surface area contributed by atoms with Crippen LogP contribution in [0.25, 0.3) is 0 Å². The number of Topliss-reactive ketones (excluding diaryl/α,β-unsaturated/α-hetero) is 1. The number of ether oxygens (including phenoxy) is 1. The van der Waals surface area contributed by atoms with Crippen molar-refractivity contribution in [1.82, 2.24) is 0 Å². The predicted octanol–water partition coefficient (Wildman–Crippen LogP) is 4.73. The molecule has 0 saturated heterocycles. The number of alkyl halides is 3. The van der Waals surface area contributed by atoms with Gasteiger partial charge in [-0.2, -0.15) is 13.2 Å². The molecule has 0 aromatic rings. The summed E-state index contributed by atoms with van der Waals surface area (Å²) in [5, 5.41) is 0. The van der Waals surface area contributed by atoms with Crippen LogP contribution in [0.15, 0.2) is 21.7 Å². The van der Waals surface area contributed by atoms with Gasteiger partial charge in [0.25, 0.3) is 0 Å². The SMILES string of the molecule is CC1=C(CC(F)(F)F)C(=O)CC1OC(=O)[C@@H]1[C@@H](C=C(Cl)Cl)C1(C)C. The first kappa shape index (κ1) is 19.3. The van der Waals surface area contributed by atoms with Crippen LogP contribution in [0.4, 0.5) is 13.2 Å². The Bertz CT molecular complexity index is 631. The Morgan fingerprint density at radius 1 is 1.38 bits per heavy atom. The highest BCUT2D eigenvalue weighted by Crippen LogP contribution is 2.60. The van der Waals surface area contributed by atoms with Crippen molar-refractivity contribution in [2.24, 2.45) is 17.3 Å². The average molecular weight is 385 g/mol. The van der Waals surface area contributed by atoms with Gasteiger partial charge in [-0.3, -0.25) is 9.59 Å². The summed E-state index contributed by atoms with van der Waals surface area (Å²) in [4.78, 5) is 24.1. The van der Waals surface area contributed by atoms with Gasteiger partial charge in [0, 0.05) is 5.57 Å². The fourth-order valence-electron chi connectivity index (χ4n) is 3.22. The van der Waals surface area contributed by atoms with E-state index in [2.05, 4.69) is 0 Å². The lowest BCUT2D eigenvalue weighted by Gasteiger charge is -2.14. The largest absolute Gasteiger partial charge is 0.457 e. The second-order valence-corrected chi connectivity index (χ2v) is 7.80. The van der Waals surface area contributed by atoms with Gasteiger partial charge in [-0.1, -0.05) is 37.0 Å². The summed E-state index contributed by atoms with van der Waals surface area (Å²) < 4.78 is 42.9. The first-order chi connectivity index (χ1) is 10.8. The van der Waals surface area contributed by atoms with E-state index in [1.165, 1.54) is 6.92 Å². The van der Waals surface area contributed by atoms with Gasteiger partial charge >= 0.3 is 12.1 Å². The molecule has 0 N–H and O–H groups in total. The van der Waals surface area contributed by atoms with Gasteiger partial charge in [0.1, 0.15) is 10.6 Å². The average Bonchev–Trinajstić information content (AvgIpc) is 2.83. The van der Waals surface area contributed by atoms with Crippen molar-refractivity contribution in [3.8, 4) is 0 Å². The Balaban J connectivity index is 2.08. The zero-order chi connectivity index (χ0) is 18.4. The van der Waals surface area contributed by atoms with E-state index in [1.807, 2.05) is 13.8 Å². The van der Waals surface area contributed by atoms with Crippen LogP contribution in [-0.4, -0.2) is 24.0 Å². The molecule has 0 spiro atoms. The van der Waals surface area contributed by atoms with Crippen molar-refractivity contribution in [2.45, 2.75) is 45.9 Å². The van der Waals surface area contributed by atoms with Gasteiger partial charge in [-0.15, -0.1) is 0 Å². The second kappa shape index (κ2) is 6.37. The Morgan fingerprint density at radius 3 is 2.46 bits per heavy atom. The molecule has 0 bridgehead atoms. The molecule has 1 saturated carbocycles.